The third-order valence-electron chi connectivity index (χ3n) is 4.40. The van der Waals surface area contributed by atoms with Crippen molar-refractivity contribution in [2.75, 3.05) is 27.2 Å². The molecule has 6 nitrogen and oxygen atoms in total. The Hall–Kier alpha value is -2.86. The minimum Gasteiger partial charge on any atom is -0.507 e. The molecule has 1 N–H and O–H groups in total. The van der Waals surface area contributed by atoms with Crippen molar-refractivity contribution < 1.29 is 19.1 Å². The van der Waals surface area contributed by atoms with Gasteiger partial charge in [-0.3, -0.25) is 9.59 Å². The Balaban J connectivity index is 2.02. The first-order valence-corrected chi connectivity index (χ1v) is 8.52. The van der Waals surface area contributed by atoms with Crippen LogP contribution >= 0.6 is 0 Å². The second-order valence-corrected chi connectivity index (χ2v) is 6.53. The number of aliphatic hydroxyl groups excluding tert-OH is 1. The topological polar surface area (TPSA) is 74.0 Å². The van der Waals surface area contributed by atoms with Gasteiger partial charge in [-0.05, 0) is 39.2 Å². The Labute approximate surface area is 152 Å². The van der Waals surface area contributed by atoms with Crippen LogP contribution in [0, 0.1) is 0 Å². The van der Waals surface area contributed by atoms with E-state index >= 15 is 0 Å². The number of carbonyl (C=O) groups excluding carboxylic acids is 2. The van der Waals surface area contributed by atoms with Crippen molar-refractivity contribution >= 4 is 17.4 Å². The quantitative estimate of drug-likeness (QED) is 0.490. The number of amides is 1. The molecule has 6 heteroatoms. The molecular formula is C20H22N2O4. The standard InChI is InChI=1S/C20H22N2O4/c1-21(2)11-7-12-22-17(15-10-6-13-26-15)16(19(24)20(22)25)18(23)14-8-4-3-5-9-14/h3-6,8-10,13,17,23H,7,11-12H2,1-2H3. The van der Waals surface area contributed by atoms with E-state index in [2.05, 4.69) is 0 Å². The molecule has 0 spiro atoms. The summed E-state index contributed by atoms with van der Waals surface area (Å²) in [6.45, 7) is 1.19. The van der Waals surface area contributed by atoms with Gasteiger partial charge in [0.1, 0.15) is 17.6 Å². The molecular weight excluding hydrogens is 332 g/mol. The zero-order chi connectivity index (χ0) is 18.7. The lowest BCUT2D eigenvalue weighted by Gasteiger charge is -2.23. The highest BCUT2D eigenvalue weighted by Gasteiger charge is 2.47. The average molecular weight is 354 g/mol. The largest absolute Gasteiger partial charge is 0.507 e. The molecule has 1 aromatic carbocycles. The Kier molecular flexibility index (Phi) is 5.23. The lowest BCUT2D eigenvalue weighted by atomic mass is 9.99. The molecule has 1 amide bonds. The fourth-order valence-corrected chi connectivity index (χ4v) is 3.16. The summed E-state index contributed by atoms with van der Waals surface area (Å²) in [5, 5.41) is 10.7. The van der Waals surface area contributed by atoms with Crippen molar-refractivity contribution in [3.05, 3.63) is 65.6 Å². The molecule has 0 aliphatic carbocycles. The van der Waals surface area contributed by atoms with Gasteiger partial charge < -0.3 is 19.3 Å². The van der Waals surface area contributed by atoms with E-state index in [4.69, 9.17) is 4.42 Å². The van der Waals surface area contributed by atoms with E-state index in [-0.39, 0.29) is 11.3 Å². The van der Waals surface area contributed by atoms with Crippen LogP contribution in [0.25, 0.3) is 5.76 Å². The van der Waals surface area contributed by atoms with Gasteiger partial charge in [0.15, 0.2) is 0 Å². The van der Waals surface area contributed by atoms with Gasteiger partial charge in [-0.2, -0.15) is 0 Å². The van der Waals surface area contributed by atoms with Crippen molar-refractivity contribution in [1.82, 2.24) is 9.80 Å². The predicted molar refractivity (Wildman–Crippen MR) is 97.3 cm³/mol. The molecule has 26 heavy (non-hydrogen) atoms. The normalized spacial score (nSPS) is 19.5. The minimum atomic E-state index is -0.715. The van der Waals surface area contributed by atoms with Crippen molar-refractivity contribution in [2.24, 2.45) is 0 Å². The first-order chi connectivity index (χ1) is 12.5. The average Bonchev–Trinajstić information content (AvgIpc) is 3.24. The zero-order valence-electron chi connectivity index (χ0n) is 14.9. The maximum Gasteiger partial charge on any atom is 0.295 e. The number of ketones is 1. The van der Waals surface area contributed by atoms with E-state index in [1.54, 1.807) is 36.4 Å². The van der Waals surface area contributed by atoms with E-state index in [0.29, 0.717) is 24.3 Å². The lowest BCUT2D eigenvalue weighted by molar-refractivity contribution is -0.140. The molecule has 0 saturated carbocycles. The van der Waals surface area contributed by atoms with Crippen molar-refractivity contribution in [2.45, 2.75) is 12.5 Å². The van der Waals surface area contributed by atoms with Crippen LogP contribution in [0.2, 0.25) is 0 Å². The van der Waals surface area contributed by atoms with Gasteiger partial charge in [0.2, 0.25) is 0 Å². The van der Waals surface area contributed by atoms with Gasteiger partial charge in [0, 0.05) is 12.1 Å². The molecule has 1 aliphatic heterocycles. The number of Topliss-reactive ketones (excluding diaryl/α,β-unsaturated/α-hetero) is 1. The molecule has 1 saturated heterocycles. The number of carbonyl (C=O) groups is 2. The minimum absolute atomic E-state index is 0.0704. The van der Waals surface area contributed by atoms with Crippen molar-refractivity contribution in [1.29, 1.82) is 0 Å². The molecule has 1 fully saturated rings. The molecule has 2 heterocycles. The summed E-state index contributed by atoms with van der Waals surface area (Å²) in [4.78, 5) is 28.8. The Morgan fingerprint density at radius 3 is 2.50 bits per heavy atom. The number of hydrogen-bond acceptors (Lipinski definition) is 5. The van der Waals surface area contributed by atoms with E-state index in [9.17, 15) is 14.7 Å². The smallest absolute Gasteiger partial charge is 0.295 e. The highest BCUT2D eigenvalue weighted by molar-refractivity contribution is 6.46. The van der Waals surface area contributed by atoms with E-state index in [1.165, 1.54) is 11.2 Å². The Morgan fingerprint density at radius 2 is 1.88 bits per heavy atom. The maximum atomic E-state index is 12.7. The van der Waals surface area contributed by atoms with E-state index < -0.39 is 17.7 Å². The number of rotatable bonds is 6. The van der Waals surface area contributed by atoms with Gasteiger partial charge in [0.25, 0.3) is 11.7 Å². The monoisotopic (exact) mass is 354 g/mol. The van der Waals surface area contributed by atoms with E-state index in [1.807, 2.05) is 25.1 Å². The summed E-state index contributed by atoms with van der Waals surface area (Å²) in [5.41, 5.74) is 0.566. The molecule has 1 aromatic heterocycles. The van der Waals surface area contributed by atoms with Gasteiger partial charge in [-0.25, -0.2) is 0 Å². The van der Waals surface area contributed by atoms with E-state index in [0.717, 1.165) is 6.54 Å². The van der Waals surface area contributed by atoms with Gasteiger partial charge >= 0.3 is 0 Å². The first kappa shape index (κ1) is 17.9. The zero-order valence-corrected chi connectivity index (χ0v) is 14.9. The summed E-state index contributed by atoms with van der Waals surface area (Å²) in [7, 11) is 3.90. The molecule has 1 unspecified atom stereocenters. The van der Waals surface area contributed by atoms with Crippen LogP contribution in [0.3, 0.4) is 0 Å². The van der Waals surface area contributed by atoms with Crippen LogP contribution in [-0.4, -0.2) is 53.8 Å². The number of aliphatic hydroxyl groups is 1. The number of nitrogens with zero attached hydrogens (tertiary/aromatic N) is 2. The van der Waals surface area contributed by atoms with Gasteiger partial charge in [-0.1, -0.05) is 30.3 Å². The van der Waals surface area contributed by atoms with Crippen molar-refractivity contribution in [3.63, 3.8) is 0 Å². The molecule has 3 rings (SSSR count). The summed E-state index contributed by atoms with van der Waals surface area (Å²) < 4.78 is 5.49. The molecule has 2 aromatic rings. The summed E-state index contributed by atoms with van der Waals surface area (Å²) in [6.07, 6.45) is 2.21. The van der Waals surface area contributed by atoms with Crippen LogP contribution < -0.4 is 0 Å². The van der Waals surface area contributed by atoms with Gasteiger partial charge in [0.05, 0.1) is 11.8 Å². The SMILES string of the molecule is CN(C)CCCN1C(=O)C(=O)C(=C(O)c2ccccc2)C1c1ccco1. The van der Waals surface area contributed by atoms with Crippen LogP contribution in [-0.2, 0) is 9.59 Å². The van der Waals surface area contributed by atoms with Crippen LogP contribution in [0.1, 0.15) is 23.8 Å². The maximum absolute atomic E-state index is 12.7. The summed E-state index contributed by atoms with van der Waals surface area (Å²) >= 11 is 0. The molecule has 0 radical (unpaired) electrons. The number of furan rings is 1. The molecule has 136 valence electrons. The number of hydrogen-bond donors (Lipinski definition) is 1. The van der Waals surface area contributed by atoms with Crippen LogP contribution in [0.5, 0.6) is 0 Å². The number of likely N-dealkylation sites (tertiary alicyclic amines) is 1. The fourth-order valence-electron chi connectivity index (χ4n) is 3.16. The first-order valence-electron chi connectivity index (χ1n) is 8.52. The second-order valence-electron chi connectivity index (χ2n) is 6.53. The predicted octanol–water partition coefficient (Wildman–Crippen LogP) is 2.65. The van der Waals surface area contributed by atoms with Crippen molar-refractivity contribution in [3.8, 4) is 0 Å². The Bertz CT molecular complexity index is 810. The third kappa shape index (κ3) is 3.41. The highest BCUT2D eigenvalue weighted by Crippen LogP contribution is 2.39. The molecule has 1 aliphatic rings. The van der Waals surface area contributed by atoms with Gasteiger partial charge in [-0.15, -0.1) is 0 Å². The lowest BCUT2D eigenvalue weighted by Crippen LogP contribution is -2.32. The molecule has 1 atom stereocenters. The third-order valence-corrected chi connectivity index (χ3v) is 4.40. The molecule has 0 bridgehead atoms. The second kappa shape index (κ2) is 7.58. The van der Waals surface area contributed by atoms with Crippen LogP contribution in [0.15, 0.2) is 58.7 Å². The Morgan fingerprint density at radius 1 is 1.15 bits per heavy atom. The summed E-state index contributed by atoms with van der Waals surface area (Å²) in [5.74, 6) is -1.01. The summed E-state index contributed by atoms with van der Waals surface area (Å²) in [6, 6.07) is 11.5. The fraction of sp³-hybridized carbons (Fsp3) is 0.300. The highest BCUT2D eigenvalue weighted by atomic mass is 16.3. The van der Waals surface area contributed by atoms with Crippen LogP contribution in [0.4, 0.5) is 0 Å². The number of benzene rings is 1.